The van der Waals surface area contributed by atoms with Crippen LogP contribution in [0.4, 0.5) is 4.39 Å². The number of pyridine rings is 1. The number of sulfone groups is 1. The van der Waals surface area contributed by atoms with Crippen LogP contribution in [0.25, 0.3) is 11.0 Å². The molecule has 0 bridgehead atoms. The maximum atomic E-state index is 13.8. The van der Waals surface area contributed by atoms with E-state index in [1.54, 1.807) is 0 Å². The number of carbonyl (C=O) groups excluding carboxylic acids is 1. The Bertz CT molecular complexity index is 1220. The van der Waals surface area contributed by atoms with E-state index in [-0.39, 0.29) is 34.9 Å². The Morgan fingerprint density at radius 1 is 1.26 bits per heavy atom. The Labute approximate surface area is 153 Å². The molecule has 0 radical (unpaired) electrons. The van der Waals surface area contributed by atoms with Crippen LogP contribution in [0.5, 0.6) is 11.5 Å². The van der Waals surface area contributed by atoms with Gasteiger partial charge in [0.15, 0.2) is 17.3 Å². The topological polar surface area (TPSA) is 108 Å². The second-order valence-corrected chi connectivity index (χ2v) is 7.75. The summed E-state index contributed by atoms with van der Waals surface area (Å²) < 4.78 is 43.6. The highest BCUT2D eigenvalue weighted by molar-refractivity contribution is 7.90. The first-order valence-electron chi connectivity index (χ1n) is 7.69. The van der Waals surface area contributed by atoms with Crippen LogP contribution >= 0.6 is 0 Å². The van der Waals surface area contributed by atoms with Crippen molar-refractivity contribution in [3.63, 3.8) is 0 Å². The molecule has 140 valence electrons. The highest BCUT2D eigenvalue weighted by Gasteiger charge is 2.18. The zero-order chi connectivity index (χ0) is 19.8. The summed E-state index contributed by atoms with van der Waals surface area (Å²) in [4.78, 5) is 32.0. The molecule has 1 aromatic carbocycles. The molecular weight excluding hydrogens is 377 g/mol. The van der Waals surface area contributed by atoms with E-state index < -0.39 is 26.4 Å². The van der Waals surface area contributed by atoms with Gasteiger partial charge >= 0.3 is 0 Å². The van der Waals surface area contributed by atoms with Crippen LogP contribution in [0, 0.1) is 5.82 Å². The molecular formula is C17H14FN3O5S. The molecule has 2 heterocycles. The molecule has 27 heavy (non-hydrogen) atoms. The van der Waals surface area contributed by atoms with Crippen molar-refractivity contribution in [1.82, 2.24) is 14.5 Å². The first-order chi connectivity index (χ1) is 12.7. The lowest BCUT2D eigenvalue weighted by molar-refractivity contribution is -0.117. The van der Waals surface area contributed by atoms with Crippen molar-refractivity contribution in [3.05, 3.63) is 52.7 Å². The predicted octanol–water partition coefficient (Wildman–Crippen LogP) is 1.72. The van der Waals surface area contributed by atoms with Crippen LogP contribution in [0.15, 0.2) is 46.5 Å². The number of aromatic nitrogens is 3. The minimum Gasteiger partial charge on any atom is -0.448 e. The fourth-order valence-electron chi connectivity index (χ4n) is 2.38. The number of carbonyl (C=O) groups is 1. The highest BCUT2D eigenvalue weighted by atomic mass is 32.2. The van der Waals surface area contributed by atoms with Gasteiger partial charge in [0.05, 0.1) is 6.54 Å². The molecule has 0 aliphatic carbocycles. The Morgan fingerprint density at radius 2 is 1.96 bits per heavy atom. The summed E-state index contributed by atoms with van der Waals surface area (Å²) in [5, 5.41) is -0.218. The standard InChI is InChI=1S/C17H14FN3O5S/c1-10(22)9-21-15-11(8-19-17(20-15)27(2,24)25)7-14(16(21)23)26-13-6-4-3-5-12(13)18/h3-8H,9H2,1-2H3. The smallest absolute Gasteiger partial charge is 0.295 e. The molecule has 3 aromatic rings. The van der Waals surface area contributed by atoms with Crippen molar-refractivity contribution in [1.29, 1.82) is 0 Å². The summed E-state index contributed by atoms with van der Waals surface area (Å²) in [5.74, 6) is -1.44. The summed E-state index contributed by atoms with van der Waals surface area (Å²) in [7, 11) is -3.72. The molecule has 0 saturated heterocycles. The average Bonchev–Trinajstić information content (AvgIpc) is 2.59. The van der Waals surface area contributed by atoms with Crippen LogP contribution in [0.1, 0.15) is 6.92 Å². The summed E-state index contributed by atoms with van der Waals surface area (Å²) in [6.07, 6.45) is 2.13. The minimum absolute atomic E-state index is 0.0356. The van der Waals surface area contributed by atoms with Gasteiger partial charge in [-0.25, -0.2) is 17.8 Å². The zero-order valence-electron chi connectivity index (χ0n) is 14.3. The van der Waals surface area contributed by atoms with E-state index in [1.807, 2.05) is 0 Å². The molecule has 0 spiro atoms. The van der Waals surface area contributed by atoms with Gasteiger partial charge in [0.1, 0.15) is 11.4 Å². The van der Waals surface area contributed by atoms with Crippen molar-refractivity contribution in [3.8, 4) is 11.5 Å². The maximum Gasteiger partial charge on any atom is 0.295 e. The van der Waals surface area contributed by atoms with Crippen LogP contribution in [0.2, 0.25) is 0 Å². The Morgan fingerprint density at radius 3 is 2.59 bits per heavy atom. The van der Waals surface area contributed by atoms with Crippen LogP contribution in [-0.4, -0.2) is 35.0 Å². The van der Waals surface area contributed by atoms with Gasteiger partial charge in [-0.3, -0.25) is 14.2 Å². The molecule has 0 N–H and O–H groups in total. The third kappa shape index (κ3) is 3.85. The SMILES string of the molecule is CC(=O)Cn1c(=O)c(Oc2ccccc2F)cc2cnc(S(C)(=O)=O)nc21. The fraction of sp³-hybridized carbons (Fsp3) is 0.176. The van der Waals surface area contributed by atoms with E-state index in [0.717, 1.165) is 10.8 Å². The maximum absolute atomic E-state index is 13.8. The molecule has 0 saturated carbocycles. The summed E-state index contributed by atoms with van der Waals surface area (Å²) in [6.45, 7) is 0.908. The van der Waals surface area contributed by atoms with E-state index in [9.17, 15) is 22.4 Å². The Balaban J connectivity index is 2.25. The van der Waals surface area contributed by atoms with Crippen LogP contribution in [0.3, 0.4) is 0 Å². The molecule has 0 atom stereocenters. The number of benzene rings is 1. The van der Waals surface area contributed by atoms with E-state index in [0.29, 0.717) is 0 Å². The predicted molar refractivity (Wildman–Crippen MR) is 94.1 cm³/mol. The second-order valence-electron chi connectivity index (χ2n) is 5.84. The molecule has 0 amide bonds. The first-order valence-corrected chi connectivity index (χ1v) is 9.58. The van der Waals surface area contributed by atoms with Gasteiger partial charge in [0.25, 0.3) is 5.56 Å². The number of Topliss-reactive ketones (excluding diaryl/α,β-unsaturated/α-hetero) is 1. The van der Waals surface area contributed by atoms with Crippen molar-refractivity contribution in [2.45, 2.75) is 18.6 Å². The number of ketones is 1. The summed E-state index contributed by atoms with van der Waals surface area (Å²) in [6, 6.07) is 6.79. The van der Waals surface area contributed by atoms with E-state index in [4.69, 9.17) is 4.74 Å². The van der Waals surface area contributed by atoms with Gasteiger partial charge < -0.3 is 4.74 Å². The monoisotopic (exact) mass is 391 g/mol. The van der Waals surface area contributed by atoms with Crippen molar-refractivity contribution < 1.29 is 22.3 Å². The number of para-hydroxylation sites is 1. The first kappa shape index (κ1) is 18.6. The average molecular weight is 391 g/mol. The number of halogens is 1. The molecule has 2 aromatic heterocycles. The quantitative estimate of drug-likeness (QED) is 0.609. The third-order valence-electron chi connectivity index (χ3n) is 3.54. The number of rotatable bonds is 5. The van der Waals surface area contributed by atoms with Gasteiger partial charge in [0.2, 0.25) is 15.0 Å². The highest BCUT2D eigenvalue weighted by Crippen LogP contribution is 2.24. The van der Waals surface area contributed by atoms with Gasteiger partial charge in [-0.15, -0.1) is 0 Å². The van der Waals surface area contributed by atoms with Gasteiger partial charge in [-0.1, -0.05) is 12.1 Å². The van der Waals surface area contributed by atoms with Gasteiger partial charge in [0, 0.05) is 17.8 Å². The van der Waals surface area contributed by atoms with E-state index >= 15 is 0 Å². The molecule has 10 heteroatoms. The van der Waals surface area contributed by atoms with E-state index in [1.165, 1.54) is 43.5 Å². The minimum atomic E-state index is -3.72. The summed E-state index contributed by atoms with van der Waals surface area (Å²) >= 11 is 0. The fourth-order valence-corrected chi connectivity index (χ4v) is 2.88. The van der Waals surface area contributed by atoms with Crippen molar-refractivity contribution in [2.24, 2.45) is 0 Å². The lowest BCUT2D eigenvalue weighted by Gasteiger charge is -2.12. The lowest BCUT2D eigenvalue weighted by atomic mass is 10.3. The number of hydrogen-bond donors (Lipinski definition) is 0. The lowest BCUT2D eigenvalue weighted by Crippen LogP contribution is -2.25. The number of hydrogen-bond acceptors (Lipinski definition) is 7. The second kappa shape index (κ2) is 6.88. The molecule has 0 aliphatic heterocycles. The van der Waals surface area contributed by atoms with Crippen molar-refractivity contribution in [2.75, 3.05) is 6.26 Å². The number of ether oxygens (including phenoxy) is 1. The summed E-state index contributed by atoms with van der Waals surface area (Å²) in [5.41, 5.74) is -0.786. The third-order valence-corrected chi connectivity index (χ3v) is 4.40. The van der Waals surface area contributed by atoms with Gasteiger partial charge in [-0.2, -0.15) is 4.98 Å². The Kier molecular flexibility index (Phi) is 4.75. The zero-order valence-corrected chi connectivity index (χ0v) is 15.2. The molecule has 0 aliphatic rings. The largest absolute Gasteiger partial charge is 0.448 e. The normalized spacial score (nSPS) is 11.5. The molecule has 3 rings (SSSR count). The number of fused-ring (bicyclic) bond motifs is 1. The van der Waals surface area contributed by atoms with Crippen LogP contribution in [-0.2, 0) is 21.2 Å². The van der Waals surface area contributed by atoms with Gasteiger partial charge in [-0.05, 0) is 25.1 Å². The molecule has 0 fully saturated rings. The van der Waals surface area contributed by atoms with Crippen LogP contribution < -0.4 is 10.3 Å². The number of nitrogens with zero attached hydrogens (tertiary/aromatic N) is 3. The Hall–Kier alpha value is -3.14. The van der Waals surface area contributed by atoms with Crippen molar-refractivity contribution >= 4 is 26.7 Å². The molecule has 0 unspecified atom stereocenters. The van der Waals surface area contributed by atoms with E-state index in [2.05, 4.69) is 9.97 Å². The molecule has 8 nitrogen and oxygen atoms in total.